The average Bonchev–Trinajstić information content (AvgIpc) is 2.29. The topological polar surface area (TPSA) is 32.3 Å². The maximum absolute atomic E-state index is 7.00. The van der Waals surface area contributed by atoms with Crippen molar-refractivity contribution in [3.05, 3.63) is 0 Å². The van der Waals surface area contributed by atoms with Crippen LogP contribution in [0.2, 0.25) is 0 Å². The van der Waals surface area contributed by atoms with Crippen LogP contribution in [-0.4, -0.2) is 25.8 Å². The Morgan fingerprint density at radius 2 is 1.71 bits per heavy atom. The summed E-state index contributed by atoms with van der Waals surface area (Å²) in [7, 11) is 3.04. The van der Waals surface area contributed by atoms with Crippen molar-refractivity contribution in [1.82, 2.24) is 5.32 Å². The van der Waals surface area contributed by atoms with E-state index in [9.17, 15) is 0 Å². The van der Waals surface area contributed by atoms with Gasteiger partial charge in [0.25, 0.3) is 0 Å². The second kappa shape index (κ2) is 11.0. The van der Waals surface area contributed by atoms with E-state index in [1.807, 2.05) is 7.05 Å². The molecule has 2 heteroatoms. The SMILES string of the molecule is CNCCCCC1CCCCC1.CO. The van der Waals surface area contributed by atoms with Crippen molar-refractivity contribution in [3.63, 3.8) is 0 Å². The van der Waals surface area contributed by atoms with Gasteiger partial charge in [0.1, 0.15) is 0 Å². The molecule has 0 aromatic carbocycles. The third-order valence-electron chi connectivity index (χ3n) is 3.01. The fourth-order valence-electron chi connectivity index (χ4n) is 2.21. The summed E-state index contributed by atoms with van der Waals surface area (Å²) in [6.45, 7) is 1.20. The first kappa shape index (κ1) is 13.9. The predicted octanol–water partition coefficient (Wildman–Crippen LogP) is 2.56. The summed E-state index contributed by atoms with van der Waals surface area (Å²) < 4.78 is 0. The van der Waals surface area contributed by atoms with Crippen LogP contribution < -0.4 is 5.32 Å². The van der Waals surface area contributed by atoms with Crippen LogP contribution in [0.5, 0.6) is 0 Å². The van der Waals surface area contributed by atoms with Gasteiger partial charge in [-0.3, -0.25) is 0 Å². The molecule has 1 saturated carbocycles. The van der Waals surface area contributed by atoms with E-state index in [1.54, 1.807) is 0 Å². The average molecular weight is 201 g/mol. The van der Waals surface area contributed by atoms with Gasteiger partial charge in [0.2, 0.25) is 0 Å². The minimum Gasteiger partial charge on any atom is -0.400 e. The van der Waals surface area contributed by atoms with Gasteiger partial charge >= 0.3 is 0 Å². The largest absolute Gasteiger partial charge is 0.400 e. The van der Waals surface area contributed by atoms with Crippen LogP contribution in [-0.2, 0) is 0 Å². The van der Waals surface area contributed by atoms with Gasteiger partial charge in [-0.1, -0.05) is 44.9 Å². The van der Waals surface area contributed by atoms with E-state index in [2.05, 4.69) is 5.32 Å². The maximum atomic E-state index is 7.00. The van der Waals surface area contributed by atoms with E-state index < -0.39 is 0 Å². The highest BCUT2D eigenvalue weighted by Gasteiger charge is 2.11. The molecule has 2 nitrogen and oxygen atoms in total. The fraction of sp³-hybridized carbons (Fsp3) is 1.00. The van der Waals surface area contributed by atoms with Crippen LogP contribution in [0.1, 0.15) is 51.4 Å². The Morgan fingerprint density at radius 3 is 2.29 bits per heavy atom. The molecular weight excluding hydrogens is 174 g/mol. The monoisotopic (exact) mass is 201 g/mol. The third kappa shape index (κ3) is 7.34. The summed E-state index contributed by atoms with van der Waals surface area (Å²) in [6.07, 6.45) is 11.8. The second-order valence-electron chi connectivity index (χ2n) is 4.10. The Hall–Kier alpha value is -0.0800. The van der Waals surface area contributed by atoms with Gasteiger partial charge in [-0.05, 0) is 25.9 Å². The summed E-state index contributed by atoms with van der Waals surface area (Å²) in [6, 6.07) is 0. The lowest BCUT2D eigenvalue weighted by Gasteiger charge is -2.21. The molecule has 0 radical (unpaired) electrons. The number of hydrogen-bond donors (Lipinski definition) is 2. The van der Waals surface area contributed by atoms with Gasteiger partial charge in [-0.2, -0.15) is 0 Å². The molecular formula is C12H27NO. The lowest BCUT2D eigenvalue weighted by molar-refractivity contribution is 0.329. The molecule has 0 atom stereocenters. The number of aliphatic hydroxyl groups excluding tert-OH is 1. The molecule has 1 rings (SSSR count). The highest BCUT2D eigenvalue weighted by molar-refractivity contribution is 4.65. The summed E-state index contributed by atoms with van der Waals surface area (Å²) in [4.78, 5) is 0. The van der Waals surface area contributed by atoms with Crippen molar-refractivity contribution in [2.75, 3.05) is 20.7 Å². The lowest BCUT2D eigenvalue weighted by atomic mass is 9.86. The zero-order valence-electron chi connectivity index (χ0n) is 9.89. The Bertz CT molecular complexity index is 100. The normalized spacial score (nSPS) is 17.4. The Morgan fingerprint density at radius 1 is 1.07 bits per heavy atom. The minimum absolute atomic E-state index is 1.00. The lowest BCUT2D eigenvalue weighted by Crippen LogP contribution is -2.09. The molecule has 0 saturated heterocycles. The van der Waals surface area contributed by atoms with Gasteiger partial charge in [-0.15, -0.1) is 0 Å². The van der Waals surface area contributed by atoms with Gasteiger partial charge < -0.3 is 10.4 Å². The van der Waals surface area contributed by atoms with Crippen LogP contribution in [0, 0.1) is 5.92 Å². The zero-order valence-corrected chi connectivity index (χ0v) is 9.89. The first-order valence-corrected chi connectivity index (χ1v) is 6.03. The molecule has 0 amide bonds. The van der Waals surface area contributed by atoms with E-state index in [1.165, 1.54) is 57.9 Å². The van der Waals surface area contributed by atoms with Crippen molar-refractivity contribution >= 4 is 0 Å². The van der Waals surface area contributed by atoms with Gasteiger partial charge in [0, 0.05) is 7.11 Å². The molecule has 0 aromatic rings. The summed E-state index contributed by atoms with van der Waals surface area (Å²) in [5.74, 6) is 1.08. The number of unbranched alkanes of at least 4 members (excludes halogenated alkanes) is 1. The third-order valence-corrected chi connectivity index (χ3v) is 3.01. The van der Waals surface area contributed by atoms with Gasteiger partial charge in [0.05, 0.1) is 0 Å². The Labute approximate surface area is 89.1 Å². The van der Waals surface area contributed by atoms with E-state index >= 15 is 0 Å². The second-order valence-corrected chi connectivity index (χ2v) is 4.10. The first-order valence-electron chi connectivity index (χ1n) is 6.03. The summed E-state index contributed by atoms with van der Waals surface area (Å²) in [5.41, 5.74) is 0. The Kier molecular flexibility index (Phi) is 10.9. The Balaban J connectivity index is 0.000000791. The smallest absolute Gasteiger partial charge is 0.0319 e. The van der Waals surface area contributed by atoms with Crippen LogP contribution in [0.15, 0.2) is 0 Å². The molecule has 0 bridgehead atoms. The van der Waals surface area contributed by atoms with Gasteiger partial charge in [-0.25, -0.2) is 0 Å². The molecule has 86 valence electrons. The number of aliphatic hydroxyl groups is 1. The molecule has 0 heterocycles. The maximum Gasteiger partial charge on any atom is 0.0319 e. The van der Waals surface area contributed by atoms with Gasteiger partial charge in [0.15, 0.2) is 0 Å². The van der Waals surface area contributed by atoms with Crippen molar-refractivity contribution in [2.24, 2.45) is 5.92 Å². The minimum atomic E-state index is 1.00. The first-order chi connectivity index (χ1) is 6.93. The summed E-state index contributed by atoms with van der Waals surface area (Å²) in [5, 5.41) is 10.2. The molecule has 2 N–H and O–H groups in total. The number of hydrogen-bond acceptors (Lipinski definition) is 2. The van der Waals surface area contributed by atoms with Crippen molar-refractivity contribution in [1.29, 1.82) is 0 Å². The predicted molar refractivity (Wildman–Crippen MR) is 62.5 cm³/mol. The zero-order chi connectivity index (χ0) is 10.6. The molecule has 0 spiro atoms. The van der Waals surface area contributed by atoms with Crippen molar-refractivity contribution < 1.29 is 5.11 Å². The quantitative estimate of drug-likeness (QED) is 0.670. The van der Waals surface area contributed by atoms with Crippen LogP contribution in [0.25, 0.3) is 0 Å². The van der Waals surface area contributed by atoms with Crippen LogP contribution in [0.4, 0.5) is 0 Å². The standard InChI is InChI=1S/C11H23N.CH4O/c1-12-10-6-5-9-11-7-3-2-4-8-11;1-2/h11-12H,2-10H2,1H3;2H,1H3. The number of rotatable bonds is 5. The van der Waals surface area contributed by atoms with E-state index in [-0.39, 0.29) is 0 Å². The van der Waals surface area contributed by atoms with Crippen LogP contribution >= 0.6 is 0 Å². The molecule has 1 aliphatic carbocycles. The highest BCUT2D eigenvalue weighted by atomic mass is 16.2. The molecule has 0 aromatic heterocycles. The molecule has 0 unspecified atom stereocenters. The van der Waals surface area contributed by atoms with E-state index in [0.717, 1.165) is 13.0 Å². The summed E-state index contributed by atoms with van der Waals surface area (Å²) >= 11 is 0. The van der Waals surface area contributed by atoms with Crippen molar-refractivity contribution in [2.45, 2.75) is 51.4 Å². The van der Waals surface area contributed by atoms with E-state index in [4.69, 9.17) is 5.11 Å². The molecule has 1 fully saturated rings. The van der Waals surface area contributed by atoms with Crippen LogP contribution in [0.3, 0.4) is 0 Å². The van der Waals surface area contributed by atoms with E-state index in [0.29, 0.717) is 0 Å². The fourth-order valence-corrected chi connectivity index (χ4v) is 2.21. The molecule has 14 heavy (non-hydrogen) atoms. The molecule has 1 aliphatic rings. The molecule has 0 aliphatic heterocycles. The van der Waals surface area contributed by atoms with Crippen molar-refractivity contribution in [3.8, 4) is 0 Å². The highest BCUT2D eigenvalue weighted by Crippen LogP contribution is 2.27. The number of nitrogens with one attached hydrogen (secondary N) is 1.